The van der Waals surface area contributed by atoms with Crippen LogP contribution >= 0.6 is 0 Å². The molecule has 0 saturated carbocycles. The number of carboxylic acids is 1. The maximum absolute atomic E-state index is 11.3. The summed E-state index contributed by atoms with van der Waals surface area (Å²) in [7, 11) is 0. The summed E-state index contributed by atoms with van der Waals surface area (Å²) in [5.74, 6) is -1.08. The monoisotopic (exact) mass is 251 g/mol. The number of pyridine rings is 1. The number of rotatable bonds is 6. The molecule has 0 spiro atoms. The minimum Gasteiger partial charge on any atom is -0.477 e. The number of hydrogen-bond donors (Lipinski definition) is 3. The zero-order valence-corrected chi connectivity index (χ0v) is 10.4. The zero-order valence-electron chi connectivity index (χ0n) is 10.4. The number of nitrogens with one attached hydrogen (secondary N) is 2. The first-order valence-electron chi connectivity index (χ1n) is 5.71. The highest BCUT2D eigenvalue weighted by molar-refractivity contribution is 5.85. The normalized spacial score (nSPS) is 10.2. The van der Waals surface area contributed by atoms with Crippen molar-refractivity contribution < 1.29 is 14.7 Å². The van der Waals surface area contributed by atoms with Crippen LogP contribution < -0.4 is 10.6 Å². The summed E-state index contributed by atoms with van der Waals surface area (Å²) in [4.78, 5) is 25.7. The number of amides is 1. The molecule has 18 heavy (non-hydrogen) atoms. The van der Waals surface area contributed by atoms with Crippen LogP contribution in [0.15, 0.2) is 18.3 Å². The molecule has 1 aromatic rings. The average molecular weight is 251 g/mol. The Morgan fingerprint density at radius 3 is 2.61 bits per heavy atom. The largest absolute Gasteiger partial charge is 0.477 e. The van der Waals surface area contributed by atoms with Crippen LogP contribution in [0.2, 0.25) is 0 Å². The Labute approximate surface area is 105 Å². The van der Waals surface area contributed by atoms with Crippen molar-refractivity contribution in [2.24, 2.45) is 0 Å². The first kappa shape index (κ1) is 14.0. The van der Waals surface area contributed by atoms with E-state index in [-0.39, 0.29) is 17.6 Å². The molecule has 6 nitrogen and oxygen atoms in total. The highest BCUT2D eigenvalue weighted by Gasteiger charge is 2.04. The number of hydrogen-bond acceptors (Lipinski definition) is 4. The van der Waals surface area contributed by atoms with Crippen LogP contribution in [-0.4, -0.2) is 34.6 Å². The van der Waals surface area contributed by atoms with Gasteiger partial charge in [-0.25, -0.2) is 9.78 Å². The Morgan fingerprint density at radius 1 is 1.39 bits per heavy atom. The lowest BCUT2D eigenvalue weighted by atomic mass is 10.3. The highest BCUT2D eigenvalue weighted by Crippen LogP contribution is 2.05. The molecule has 0 unspecified atom stereocenters. The molecular weight excluding hydrogens is 234 g/mol. The lowest BCUT2D eigenvalue weighted by Crippen LogP contribution is -2.31. The molecular formula is C12H17N3O3. The van der Waals surface area contributed by atoms with E-state index in [4.69, 9.17) is 5.11 Å². The summed E-state index contributed by atoms with van der Waals surface area (Å²) in [5, 5.41) is 14.5. The van der Waals surface area contributed by atoms with Gasteiger partial charge in [0.25, 0.3) is 0 Å². The molecule has 1 amide bonds. The van der Waals surface area contributed by atoms with Gasteiger partial charge in [0.15, 0.2) is 0 Å². The molecule has 0 aromatic carbocycles. The molecule has 0 bridgehead atoms. The molecule has 1 heterocycles. The van der Waals surface area contributed by atoms with Gasteiger partial charge in [0.05, 0.1) is 11.9 Å². The van der Waals surface area contributed by atoms with Gasteiger partial charge in [0.2, 0.25) is 5.91 Å². The number of aromatic carboxylic acids is 1. The van der Waals surface area contributed by atoms with Crippen molar-refractivity contribution in [2.75, 3.05) is 11.9 Å². The Hall–Kier alpha value is -2.11. The van der Waals surface area contributed by atoms with Gasteiger partial charge in [-0.3, -0.25) is 4.79 Å². The molecule has 0 saturated heterocycles. The van der Waals surface area contributed by atoms with Crippen LogP contribution in [0.4, 0.5) is 5.69 Å². The standard InChI is InChI=1S/C12H17N3O3/c1-8(2)15-11(16)5-6-13-9-3-4-10(12(17)18)14-7-9/h3-4,7-8,13H,5-6H2,1-2H3,(H,15,16)(H,17,18). The van der Waals surface area contributed by atoms with Crippen LogP contribution in [-0.2, 0) is 4.79 Å². The van der Waals surface area contributed by atoms with E-state index in [0.29, 0.717) is 18.7 Å². The predicted molar refractivity (Wildman–Crippen MR) is 67.6 cm³/mol. The van der Waals surface area contributed by atoms with Crippen molar-refractivity contribution in [2.45, 2.75) is 26.3 Å². The zero-order chi connectivity index (χ0) is 13.5. The second-order valence-corrected chi connectivity index (χ2v) is 4.14. The summed E-state index contributed by atoms with van der Waals surface area (Å²) in [6, 6.07) is 3.17. The fraction of sp³-hybridized carbons (Fsp3) is 0.417. The SMILES string of the molecule is CC(C)NC(=O)CCNc1ccc(C(=O)O)nc1. The molecule has 0 radical (unpaired) electrons. The lowest BCUT2D eigenvalue weighted by Gasteiger charge is -2.09. The quantitative estimate of drug-likeness (QED) is 0.704. The van der Waals surface area contributed by atoms with E-state index in [9.17, 15) is 9.59 Å². The Kier molecular flexibility index (Phi) is 5.10. The Morgan fingerprint density at radius 2 is 2.11 bits per heavy atom. The highest BCUT2D eigenvalue weighted by atomic mass is 16.4. The smallest absolute Gasteiger partial charge is 0.354 e. The van der Waals surface area contributed by atoms with Gasteiger partial charge in [-0.1, -0.05) is 0 Å². The van der Waals surface area contributed by atoms with Crippen molar-refractivity contribution in [1.29, 1.82) is 0 Å². The number of carbonyl (C=O) groups excluding carboxylic acids is 1. The summed E-state index contributed by atoms with van der Waals surface area (Å²) in [5.41, 5.74) is 0.690. The van der Waals surface area contributed by atoms with Crippen LogP contribution in [0.5, 0.6) is 0 Å². The summed E-state index contributed by atoms with van der Waals surface area (Å²) < 4.78 is 0. The van der Waals surface area contributed by atoms with Gasteiger partial charge < -0.3 is 15.7 Å². The molecule has 3 N–H and O–H groups in total. The fourth-order valence-electron chi connectivity index (χ4n) is 1.34. The van der Waals surface area contributed by atoms with Gasteiger partial charge >= 0.3 is 5.97 Å². The lowest BCUT2D eigenvalue weighted by molar-refractivity contribution is -0.121. The third-order valence-corrected chi connectivity index (χ3v) is 2.11. The van der Waals surface area contributed by atoms with Gasteiger partial charge in [0.1, 0.15) is 5.69 Å². The van der Waals surface area contributed by atoms with Crippen molar-refractivity contribution in [3.63, 3.8) is 0 Å². The third kappa shape index (κ3) is 4.82. The second kappa shape index (κ2) is 6.58. The first-order valence-corrected chi connectivity index (χ1v) is 5.71. The average Bonchev–Trinajstić information content (AvgIpc) is 2.28. The maximum Gasteiger partial charge on any atom is 0.354 e. The topological polar surface area (TPSA) is 91.3 Å². The molecule has 1 rings (SSSR count). The number of carboxylic acid groups (broad SMARTS) is 1. The second-order valence-electron chi connectivity index (χ2n) is 4.14. The van der Waals surface area contributed by atoms with Gasteiger partial charge in [-0.15, -0.1) is 0 Å². The number of aromatic nitrogens is 1. The van der Waals surface area contributed by atoms with E-state index in [1.54, 1.807) is 6.07 Å². The molecule has 98 valence electrons. The van der Waals surface area contributed by atoms with Gasteiger partial charge in [-0.05, 0) is 26.0 Å². The van der Waals surface area contributed by atoms with E-state index in [1.165, 1.54) is 12.3 Å². The first-order chi connectivity index (χ1) is 8.49. The van der Waals surface area contributed by atoms with Crippen LogP contribution in [0.1, 0.15) is 30.8 Å². The minimum absolute atomic E-state index is 0.00176. The number of carbonyl (C=O) groups is 2. The Balaban J connectivity index is 2.35. The van der Waals surface area contributed by atoms with E-state index in [1.807, 2.05) is 13.8 Å². The molecule has 0 aliphatic carbocycles. The van der Waals surface area contributed by atoms with Crippen molar-refractivity contribution in [1.82, 2.24) is 10.3 Å². The van der Waals surface area contributed by atoms with Crippen LogP contribution in [0.3, 0.4) is 0 Å². The molecule has 0 fully saturated rings. The van der Waals surface area contributed by atoms with Crippen LogP contribution in [0.25, 0.3) is 0 Å². The molecule has 6 heteroatoms. The van der Waals surface area contributed by atoms with Crippen molar-refractivity contribution >= 4 is 17.6 Å². The molecule has 1 aromatic heterocycles. The number of anilines is 1. The Bertz CT molecular complexity index is 415. The van der Waals surface area contributed by atoms with E-state index >= 15 is 0 Å². The molecule has 0 aliphatic heterocycles. The van der Waals surface area contributed by atoms with E-state index in [2.05, 4.69) is 15.6 Å². The van der Waals surface area contributed by atoms with E-state index in [0.717, 1.165) is 0 Å². The minimum atomic E-state index is -1.06. The van der Waals surface area contributed by atoms with Gasteiger partial charge in [0, 0.05) is 19.0 Å². The maximum atomic E-state index is 11.3. The summed E-state index contributed by atoms with van der Waals surface area (Å²) >= 11 is 0. The summed E-state index contributed by atoms with van der Waals surface area (Å²) in [6.07, 6.45) is 1.79. The third-order valence-electron chi connectivity index (χ3n) is 2.11. The van der Waals surface area contributed by atoms with Gasteiger partial charge in [-0.2, -0.15) is 0 Å². The molecule has 0 atom stereocenters. The fourth-order valence-corrected chi connectivity index (χ4v) is 1.34. The predicted octanol–water partition coefficient (Wildman–Crippen LogP) is 1.11. The van der Waals surface area contributed by atoms with Crippen molar-refractivity contribution in [3.8, 4) is 0 Å². The van der Waals surface area contributed by atoms with Crippen molar-refractivity contribution in [3.05, 3.63) is 24.0 Å². The van der Waals surface area contributed by atoms with E-state index < -0.39 is 5.97 Å². The number of nitrogens with zero attached hydrogens (tertiary/aromatic N) is 1. The molecule has 0 aliphatic rings. The summed E-state index contributed by atoms with van der Waals surface area (Å²) in [6.45, 7) is 4.28. The van der Waals surface area contributed by atoms with Crippen LogP contribution in [0, 0.1) is 0 Å².